The maximum atomic E-state index is 13.1. The fourth-order valence-electron chi connectivity index (χ4n) is 4.02. The molecule has 0 amide bonds. The van der Waals surface area contributed by atoms with Crippen molar-refractivity contribution in [3.8, 4) is 23.0 Å². The van der Waals surface area contributed by atoms with Crippen LogP contribution in [-0.4, -0.2) is 24.0 Å². The maximum Gasteiger partial charge on any atom is 0.312 e. The molecule has 1 N–H and O–H groups in total. The normalized spacial score (nSPS) is 18.2. The van der Waals surface area contributed by atoms with Gasteiger partial charge in [0, 0.05) is 17.0 Å². The fourth-order valence-corrected chi connectivity index (χ4v) is 4.02. The molecule has 3 aromatic rings. The number of carbonyl (C=O) groups excluding carboxylic acids is 2. The average Bonchev–Trinajstić information content (AvgIpc) is 3.09. The summed E-state index contributed by atoms with van der Waals surface area (Å²) in [4.78, 5) is 25.3. The van der Waals surface area contributed by atoms with Crippen LogP contribution in [0.15, 0.2) is 66.4 Å². The molecule has 0 bridgehead atoms. The zero-order chi connectivity index (χ0) is 21.5. The molecule has 0 aliphatic carbocycles. The van der Waals surface area contributed by atoms with Gasteiger partial charge in [0.25, 0.3) is 0 Å². The number of aromatic hydroxyl groups is 1. The highest BCUT2D eigenvalue weighted by Crippen LogP contribution is 2.49. The minimum atomic E-state index is -0.361. The van der Waals surface area contributed by atoms with E-state index in [0.717, 1.165) is 11.1 Å². The third kappa shape index (κ3) is 3.22. The Hall–Kier alpha value is -4.06. The number of ketones is 1. The van der Waals surface area contributed by atoms with Gasteiger partial charge in [-0.1, -0.05) is 30.3 Å². The van der Waals surface area contributed by atoms with Gasteiger partial charge in [-0.3, -0.25) is 9.59 Å². The van der Waals surface area contributed by atoms with Gasteiger partial charge in [-0.05, 0) is 42.0 Å². The van der Waals surface area contributed by atoms with Crippen LogP contribution < -0.4 is 14.2 Å². The molecule has 1 atom stereocenters. The molecular weight excluding hydrogens is 396 g/mol. The van der Waals surface area contributed by atoms with Crippen LogP contribution in [0.2, 0.25) is 0 Å². The van der Waals surface area contributed by atoms with Crippen LogP contribution in [0, 0.1) is 0 Å². The summed E-state index contributed by atoms with van der Waals surface area (Å²) < 4.78 is 16.9. The summed E-state index contributed by atoms with van der Waals surface area (Å²) in [5, 5.41) is 9.63. The molecule has 0 fully saturated rings. The number of para-hydroxylation sites is 1. The van der Waals surface area contributed by atoms with Crippen molar-refractivity contribution in [2.45, 2.75) is 12.3 Å². The molecule has 31 heavy (non-hydrogen) atoms. The number of fused-ring (bicyclic) bond motifs is 3. The van der Waals surface area contributed by atoms with E-state index >= 15 is 0 Å². The van der Waals surface area contributed by atoms with Gasteiger partial charge in [0.1, 0.15) is 23.0 Å². The van der Waals surface area contributed by atoms with Crippen LogP contribution in [-0.2, 0) is 4.79 Å². The standard InChI is InChI=1S/C25H18O6/c1-29-19-5-3-2-4-15(19)12-21-24(28)17-10-11-20-23(25(17)31-21)18(13-22(27)30-20)14-6-8-16(26)9-7-14/h2-12,18,26H,13H2,1H3/b21-12-. The Bertz CT molecular complexity index is 1240. The number of hydrogen-bond acceptors (Lipinski definition) is 6. The predicted octanol–water partition coefficient (Wildman–Crippen LogP) is 4.46. The third-order valence-corrected chi connectivity index (χ3v) is 5.50. The molecule has 2 heterocycles. The Labute approximate surface area is 178 Å². The molecule has 0 aromatic heterocycles. The number of hydrogen-bond donors (Lipinski definition) is 1. The van der Waals surface area contributed by atoms with Gasteiger partial charge in [0.05, 0.1) is 19.1 Å². The van der Waals surface area contributed by atoms with E-state index in [9.17, 15) is 14.7 Å². The van der Waals surface area contributed by atoms with Crippen LogP contribution in [0.3, 0.4) is 0 Å². The highest BCUT2D eigenvalue weighted by molar-refractivity contribution is 6.15. The number of allylic oxidation sites excluding steroid dienone is 1. The van der Waals surface area contributed by atoms with E-state index in [1.807, 2.05) is 18.2 Å². The molecule has 3 aromatic carbocycles. The van der Waals surface area contributed by atoms with Crippen molar-refractivity contribution >= 4 is 17.8 Å². The highest BCUT2D eigenvalue weighted by atomic mass is 16.5. The molecule has 6 heteroatoms. The first-order valence-electron chi connectivity index (χ1n) is 9.79. The summed E-state index contributed by atoms with van der Waals surface area (Å²) in [5.41, 5.74) is 2.61. The monoisotopic (exact) mass is 414 g/mol. The molecule has 0 radical (unpaired) electrons. The Kier molecular flexibility index (Phi) is 4.47. The van der Waals surface area contributed by atoms with Crippen LogP contribution >= 0.6 is 0 Å². The van der Waals surface area contributed by atoms with Crippen molar-refractivity contribution < 1.29 is 28.9 Å². The quantitative estimate of drug-likeness (QED) is 0.387. The Morgan fingerprint density at radius 1 is 1.00 bits per heavy atom. The number of Topliss-reactive ketones (excluding diaryl/α,β-unsaturated/α-hetero) is 1. The summed E-state index contributed by atoms with van der Waals surface area (Å²) in [6.07, 6.45) is 1.76. The van der Waals surface area contributed by atoms with E-state index < -0.39 is 0 Å². The van der Waals surface area contributed by atoms with E-state index in [-0.39, 0.29) is 35.6 Å². The number of esters is 1. The molecule has 154 valence electrons. The van der Waals surface area contributed by atoms with Gasteiger partial charge in [-0.2, -0.15) is 0 Å². The second-order valence-electron chi connectivity index (χ2n) is 7.36. The van der Waals surface area contributed by atoms with Crippen LogP contribution in [0.4, 0.5) is 0 Å². The minimum Gasteiger partial charge on any atom is -0.508 e. The van der Waals surface area contributed by atoms with Gasteiger partial charge in [0.15, 0.2) is 5.76 Å². The summed E-state index contributed by atoms with van der Waals surface area (Å²) in [6.45, 7) is 0. The van der Waals surface area contributed by atoms with Gasteiger partial charge in [-0.25, -0.2) is 0 Å². The topological polar surface area (TPSA) is 82.1 Å². The van der Waals surface area contributed by atoms with Crippen molar-refractivity contribution in [1.82, 2.24) is 0 Å². The number of phenols is 1. The van der Waals surface area contributed by atoms with Crippen molar-refractivity contribution in [3.05, 3.63) is 88.7 Å². The summed E-state index contributed by atoms with van der Waals surface area (Å²) >= 11 is 0. The van der Waals surface area contributed by atoms with Gasteiger partial charge < -0.3 is 19.3 Å². The molecule has 6 nitrogen and oxygen atoms in total. The second kappa shape index (κ2) is 7.32. The first-order valence-corrected chi connectivity index (χ1v) is 9.79. The van der Waals surface area contributed by atoms with Crippen LogP contribution in [0.25, 0.3) is 6.08 Å². The van der Waals surface area contributed by atoms with Gasteiger partial charge in [-0.15, -0.1) is 0 Å². The molecule has 2 aliphatic rings. The number of benzene rings is 3. The van der Waals surface area contributed by atoms with Crippen LogP contribution in [0.5, 0.6) is 23.0 Å². The molecule has 0 saturated carbocycles. The largest absolute Gasteiger partial charge is 0.508 e. The number of carbonyl (C=O) groups is 2. The molecular formula is C25H18O6. The lowest BCUT2D eigenvalue weighted by molar-refractivity contribution is -0.135. The van der Waals surface area contributed by atoms with Gasteiger partial charge in [0.2, 0.25) is 5.78 Å². The van der Waals surface area contributed by atoms with E-state index in [1.165, 1.54) is 0 Å². The lowest BCUT2D eigenvalue weighted by Gasteiger charge is -2.26. The minimum absolute atomic E-state index is 0.108. The fraction of sp³-hybridized carbons (Fsp3) is 0.120. The summed E-state index contributed by atoms with van der Waals surface area (Å²) in [7, 11) is 1.57. The van der Waals surface area contributed by atoms with Crippen molar-refractivity contribution in [1.29, 1.82) is 0 Å². The SMILES string of the molecule is COc1ccccc1/C=C1\Oc2c(ccc3c2C(c2ccc(O)cc2)CC(=O)O3)C1=O. The van der Waals surface area contributed by atoms with E-state index in [2.05, 4.69) is 0 Å². The lowest BCUT2D eigenvalue weighted by Crippen LogP contribution is -2.21. The lowest BCUT2D eigenvalue weighted by atomic mass is 9.84. The van der Waals surface area contributed by atoms with Crippen molar-refractivity contribution in [2.24, 2.45) is 0 Å². The second-order valence-corrected chi connectivity index (χ2v) is 7.36. The highest BCUT2D eigenvalue weighted by Gasteiger charge is 2.38. The Morgan fingerprint density at radius 2 is 1.77 bits per heavy atom. The first kappa shape index (κ1) is 18.9. The first-order chi connectivity index (χ1) is 15.0. The number of ether oxygens (including phenoxy) is 3. The average molecular weight is 414 g/mol. The van der Waals surface area contributed by atoms with E-state index in [0.29, 0.717) is 28.4 Å². The Balaban J connectivity index is 1.61. The summed E-state index contributed by atoms with van der Waals surface area (Å²) in [6, 6.07) is 17.2. The zero-order valence-corrected chi connectivity index (χ0v) is 16.6. The molecule has 0 saturated heterocycles. The predicted molar refractivity (Wildman–Crippen MR) is 113 cm³/mol. The number of rotatable bonds is 3. The van der Waals surface area contributed by atoms with Crippen molar-refractivity contribution in [2.75, 3.05) is 7.11 Å². The van der Waals surface area contributed by atoms with Crippen LogP contribution in [0.1, 0.15) is 39.4 Å². The van der Waals surface area contributed by atoms with Crippen molar-refractivity contribution in [3.63, 3.8) is 0 Å². The zero-order valence-electron chi connectivity index (χ0n) is 16.6. The Morgan fingerprint density at radius 3 is 2.55 bits per heavy atom. The third-order valence-electron chi connectivity index (χ3n) is 5.50. The van der Waals surface area contributed by atoms with Gasteiger partial charge >= 0.3 is 5.97 Å². The van der Waals surface area contributed by atoms with E-state index in [1.54, 1.807) is 55.7 Å². The van der Waals surface area contributed by atoms with E-state index in [4.69, 9.17) is 14.2 Å². The molecule has 5 rings (SSSR count). The number of phenolic OH excluding ortho intramolecular Hbond substituents is 1. The molecule has 0 spiro atoms. The molecule has 1 unspecified atom stereocenters. The smallest absolute Gasteiger partial charge is 0.312 e. The maximum absolute atomic E-state index is 13.1. The summed E-state index contributed by atoms with van der Waals surface area (Å²) in [5.74, 6) is 0.743. The number of methoxy groups -OCH3 is 1. The molecule has 2 aliphatic heterocycles.